The quantitative estimate of drug-likeness (QED) is 0.516. The number of benzene rings is 2. The highest BCUT2D eigenvalue weighted by Gasteiger charge is 2.18. The predicted octanol–water partition coefficient (Wildman–Crippen LogP) is 5.75. The normalized spacial score (nSPS) is 15.0. The number of ether oxygens (including phenoxy) is 2. The number of carbonyl (C=O) groups is 1. The molecule has 0 saturated carbocycles. The summed E-state index contributed by atoms with van der Waals surface area (Å²) in [5.74, 6) is 1.75. The largest absolute Gasteiger partial charge is 0.497 e. The summed E-state index contributed by atoms with van der Waals surface area (Å²) in [6.45, 7) is 0. The fraction of sp³-hybridized carbons (Fsp3) is 0.200. The highest BCUT2D eigenvalue weighted by molar-refractivity contribution is 7.16. The van der Waals surface area contributed by atoms with Crippen LogP contribution in [0.25, 0.3) is 11.3 Å². The lowest BCUT2D eigenvalue weighted by Gasteiger charge is -2.12. The zero-order valence-electron chi connectivity index (χ0n) is 17.5. The minimum atomic E-state index is -0.190. The summed E-state index contributed by atoms with van der Waals surface area (Å²) in [5.41, 5.74) is 2.47. The van der Waals surface area contributed by atoms with Gasteiger partial charge in [-0.15, -0.1) is 11.3 Å². The second-order valence-corrected chi connectivity index (χ2v) is 8.30. The maximum Gasteiger partial charge on any atom is 0.257 e. The van der Waals surface area contributed by atoms with E-state index in [4.69, 9.17) is 14.5 Å². The highest BCUT2D eigenvalue weighted by Crippen LogP contribution is 2.35. The van der Waals surface area contributed by atoms with Crippen LogP contribution in [-0.2, 0) is 6.42 Å². The smallest absolute Gasteiger partial charge is 0.257 e. The molecule has 31 heavy (non-hydrogen) atoms. The third-order valence-corrected chi connectivity index (χ3v) is 6.14. The standard InChI is InChI=1S/C25H24N2O3S/c1-29-20-12-8-18(9-13-20)23-22(16-17-6-4-3-5-7-17)31-25(26-23)27-24(28)19-10-14-21(30-2)15-11-19/h3-6,8-15,17H,7,16H2,1-2H3,(H,26,27,28). The zero-order valence-corrected chi connectivity index (χ0v) is 18.3. The van der Waals surface area contributed by atoms with Crippen LogP contribution in [0.3, 0.4) is 0 Å². The lowest BCUT2D eigenvalue weighted by molar-refractivity contribution is 0.102. The van der Waals surface area contributed by atoms with E-state index in [1.165, 1.54) is 11.3 Å². The number of nitrogens with zero attached hydrogens (tertiary/aromatic N) is 1. The predicted molar refractivity (Wildman–Crippen MR) is 125 cm³/mol. The molecule has 1 atom stereocenters. The van der Waals surface area contributed by atoms with Crippen molar-refractivity contribution in [1.29, 1.82) is 0 Å². The number of amides is 1. The molecular weight excluding hydrogens is 408 g/mol. The van der Waals surface area contributed by atoms with Crippen molar-refractivity contribution in [2.45, 2.75) is 12.8 Å². The number of thiazole rings is 1. The summed E-state index contributed by atoms with van der Waals surface area (Å²) >= 11 is 1.53. The number of anilines is 1. The molecule has 4 rings (SSSR count). The Balaban J connectivity index is 1.60. The van der Waals surface area contributed by atoms with Gasteiger partial charge in [0.15, 0.2) is 5.13 Å². The van der Waals surface area contributed by atoms with Crippen molar-refractivity contribution in [2.24, 2.45) is 5.92 Å². The molecule has 0 bridgehead atoms. The van der Waals surface area contributed by atoms with E-state index in [0.717, 1.165) is 34.7 Å². The van der Waals surface area contributed by atoms with Crippen LogP contribution < -0.4 is 14.8 Å². The van der Waals surface area contributed by atoms with E-state index in [9.17, 15) is 4.79 Å². The lowest BCUT2D eigenvalue weighted by atomic mass is 9.95. The summed E-state index contributed by atoms with van der Waals surface area (Å²) in [6.07, 6.45) is 10.5. The lowest BCUT2D eigenvalue weighted by Crippen LogP contribution is -2.11. The second-order valence-electron chi connectivity index (χ2n) is 7.21. The molecule has 1 amide bonds. The Morgan fingerprint density at radius 3 is 2.32 bits per heavy atom. The Labute approximate surface area is 186 Å². The molecule has 6 heteroatoms. The molecule has 0 aliphatic heterocycles. The molecule has 0 fully saturated rings. The molecule has 5 nitrogen and oxygen atoms in total. The molecule has 3 aromatic rings. The molecule has 1 aromatic heterocycles. The molecule has 0 radical (unpaired) electrons. The van der Waals surface area contributed by atoms with Gasteiger partial charge in [-0.3, -0.25) is 10.1 Å². The van der Waals surface area contributed by atoms with E-state index in [2.05, 4.69) is 29.6 Å². The Bertz CT molecular complexity index is 1100. The van der Waals surface area contributed by atoms with Gasteiger partial charge in [-0.2, -0.15) is 0 Å². The first kappa shape index (κ1) is 20.9. The van der Waals surface area contributed by atoms with E-state index < -0.39 is 0 Å². The number of allylic oxidation sites excluding steroid dienone is 4. The fourth-order valence-corrected chi connectivity index (χ4v) is 4.52. The number of nitrogens with one attached hydrogen (secondary N) is 1. The third kappa shape index (κ3) is 5.03. The van der Waals surface area contributed by atoms with Crippen LogP contribution in [0.4, 0.5) is 5.13 Å². The summed E-state index contributed by atoms with van der Waals surface area (Å²) in [5, 5.41) is 3.55. The number of aromatic nitrogens is 1. The van der Waals surface area contributed by atoms with E-state index in [-0.39, 0.29) is 5.91 Å². The first-order valence-electron chi connectivity index (χ1n) is 10.1. The fourth-order valence-electron chi connectivity index (χ4n) is 3.45. The molecule has 2 aromatic carbocycles. The van der Waals surface area contributed by atoms with E-state index >= 15 is 0 Å². The van der Waals surface area contributed by atoms with E-state index in [0.29, 0.717) is 22.4 Å². The molecule has 1 unspecified atom stereocenters. The Kier molecular flexibility index (Phi) is 6.48. The molecule has 1 aliphatic rings. The minimum Gasteiger partial charge on any atom is -0.497 e. The van der Waals surface area contributed by atoms with Crippen molar-refractivity contribution >= 4 is 22.4 Å². The van der Waals surface area contributed by atoms with Gasteiger partial charge >= 0.3 is 0 Å². The van der Waals surface area contributed by atoms with Crippen molar-refractivity contribution in [3.63, 3.8) is 0 Å². The van der Waals surface area contributed by atoms with Gasteiger partial charge in [-0.1, -0.05) is 24.3 Å². The van der Waals surface area contributed by atoms with Crippen LogP contribution in [0.15, 0.2) is 72.8 Å². The highest BCUT2D eigenvalue weighted by atomic mass is 32.1. The zero-order chi connectivity index (χ0) is 21.6. The topological polar surface area (TPSA) is 60.5 Å². The van der Waals surface area contributed by atoms with Crippen LogP contribution in [-0.4, -0.2) is 25.1 Å². The molecule has 1 N–H and O–H groups in total. The van der Waals surface area contributed by atoms with Gasteiger partial charge < -0.3 is 9.47 Å². The van der Waals surface area contributed by atoms with E-state index in [1.807, 2.05) is 24.3 Å². The maximum absolute atomic E-state index is 12.7. The summed E-state index contributed by atoms with van der Waals surface area (Å²) in [6, 6.07) is 14.9. The van der Waals surface area contributed by atoms with Crippen molar-refractivity contribution in [1.82, 2.24) is 4.98 Å². The van der Waals surface area contributed by atoms with Gasteiger partial charge in [0.1, 0.15) is 11.5 Å². The molecule has 1 aliphatic carbocycles. The van der Waals surface area contributed by atoms with Gasteiger partial charge in [0.25, 0.3) is 5.91 Å². The summed E-state index contributed by atoms with van der Waals surface area (Å²) in [4.78, 5) is 18.7. The first-order valence-corrected chi connectivity index (χ1v) is 10.9. The Hall–Kier alpha value is -3.38. The van der Waals surface area contributed by atoms with Gasteiger partial charge in [-0.05, 0) is 67.3 Å². The molecular formula is C25H24N2O3S. The van der Waals surface area contributed by atoms with E-state index in [1.54, 1.807) is 38.5 Å². The molecule has 158 valence electrons. The number of carbonyl (C=O) groups excluding carboxylic acids is 1. The van der Waals surface area contributed by atoms with Crippen LogP contribution in [0.1, 0.15) is 21.7 Å². The van der Waals surface area contributed by atoms with Gasteiger partial charge in [0, 0.05) is 16.0 Å². The van der Waals surface area contributed by atoms with Crippen molar-refractivity contribution < 1.29 is 14.3 Å². The monoisotopic (exact) mass is 432 g/mol. The first-order chi connectivity index (χ1) is 15.2. The molecule has 0 spiro atoms. The number of methoxy groups -OCH3 is 2. The number of hydrogen-bond donors (Lipinski definition) is 1. The minimum absolute atomic E-state index is 0.190. The number of rotatable bonds is 7. The van der Waals surface area contributed by atoms with Crippen LogP contribution in [0.2, 0.25) is 0 Å². The van der Waals surface area contributed by atoms with Gasteiger partial charge in [0.2, 0.25) is 0 Å². The Morgan fingerprint density at radius 1 is 1.03 bits per heavy atom. The maximum atomic E-state index is 12.7. The SMILES string of the molecule is COc1ccc(C(=O)Nc2nc(-c3ccc(OC)cc3)c(CC3C=CC=CC3)s2)cc1. The van der Waals surface area contributed by atoms with Crippen LogP contribution >= 0.6 is 11.3 Å². The van der Waals surface area contributed by atoms with Gasteiger partial charge in [-0.25, -0.2) is 4.98 Å². The van der Waals surface area contributed by atoms with Crippen molar-refractivity contribution in [2.75, 3.05) is 19.5 Å². The summed E-state index contributed by atoms with van der Waals surface area (Å²) in [7, 11) is 3.25. The van der Waals surface area contributed by atoms with Crippen molar-refractivity contribution in [3.8, 4) is 22.8 Å². The molecule has 1 heterocycles. The second kappa shape index (κ2) is 9.62. The number of hydrogen-bond acceptors (Lipinski definition) is 5. The van der Waals surface area contributed by atoms with Crippen LogP contribution in [0.5, 0.6) is 11.5 Å². The van der Waals surface area contributed by atoms with Crippen LogP contribution in [0, 0.1) is 5.92 Å². The van der Waals surface area contributed by atoms with Crippen molar-refractivity contribution in [3.05, 3.63) is 83.3 Å². The third-order valence-electron chi connectivity index (χ3n) is 5.15. The average Bonchev–Trinajstić information content (AvgIpc) is 3.21. The average molecular weight is 433 g/mol. The molecule has 0 saturated heterocycles. The van der Waals surface area contributed by atoms with Gasteiger partial charge in [0.05, 0.1) is 19.9 Å². The summed E-state index contributed by atoms with van der Waals surface area (Å²) < 4.78 is 10.4. The Morgan fingerprint density at radius 2 is 1.71 bits per heavy atom.